The summed E-state index contributed by atoms with van der Waals surface area (Å²) in [6.45, 7) is 0. The molecule has 2 aromatic carbocycles. The standard InChI is InChI=1S/C13H8F3/c14-13(15,16)12-8-4-7-11(9-12)10-5-2-1-3-6-10/h1-6,8-9H. The summed E-state index contributed by atoms with van der Waals surface area (Å²) in [7, 11) is 0. The van der Waals surface area contributed by atoms with Gasteiger partial charge in [-0.05, 0) is 29.3 Å². The molecule has 16 heavy (non-hydrogen) atoms. The molecule has 0 spiro atoms. The van der Waals surface area contributed by atoms with E-state index in [1.165, 1.54) is 6.07 Å². The van der Waals surface area contributed by atoms with Crippen LogP contribution in [0.2, 0.25) is 0 Å². The first-order valence-electron chi connectivity index (χ1n) is 4.72. The average molecular weight is 221 g/mol. The minimum absolute atomic E-state index is 0.454. The Morgan fingerprint density at radius 1 is 0.938 bits per heavy atom. The average Bonchev–Trinajstić information content (AvgIpc) is 2.29. The van der Waals surface area contributed by atoms with E-state index in [2.05, 4.69) is 6.07 Å². The number of hydrogen-bond acceptors (Lipinski definition) is 0. The van der Waals surface area contributed by atoms with Gasteiger partial charge in [-0.25, -0.2) is 0 Å². The van der Waals surface area contributed by atoms with Gasteiger partial charge in [-0.3, -0.25) is 0 Å². The van der Waals surface area contributed by atoms with Crippen LogP contribution in [-0.2, 0) is 6.18 Å². The van der Waals surface area contributed by atoms with Gasteiger partial charge in [-0.15, -0.1) is 0 Å². The second-order valence-corrected chi connectivity index (χ2v) is 3.35. The summed E-state index contributed by atoms with van der Waals surface area (Å²) in [5.41, 5.74) is 0.536. The minimum atomic E-state index is -4.31. The highest BCUT2D eigenvalue weighted by Gasteiger charge is 2.30. The third kappa shape index (κ3) is 2.24. The summed E-state index contributed by atoms with van der Waals surface area (Å²) in [5, 5.41) is 0. The summed E-state index contributed by atoms with van der Waals surface area (Å²) in [6.07, 6.45) is -4.31. The lowest BCUT2D eigenvalue weighted by molar-refractivity contribution is -0.137. The molecule has 0 aromatic heterocycles. The van der Waals surface area contributed by atoms with Gasteiger partial charge in [0, 0.05) is 0 Å². The maximum atomic E-state index is 12.5. The van der Waals surface area contributed by atoms with E-state index in [1.54, 1.807) is 24.3 Å². The molecular weight excluding hydrogens is 213 g/mol. The molecule has 1 radical (unpaired) electrons. The first-order valence-corrected chi connectivity index (χ1v) is 4.72. The van der Waals surface area contributed by atoms with Gasteiger partial charge in [0.2, 0.25) is 0 Å². The number of benzene rings is 2. The lowest BCUT2D eigenvalue weighted by atomic mass is 10.0. The Kier molecular flexibility index (Phi) is 2.69. The maximum absolute atomic E-state index is 12.5. The van der Waals surface area contributed by atoms with Crippen molar-refractivity contribution >= 4 is 0 Å². The van der Waals surface area contributed by atoms with Crippen molar-refractivity contribution in [3.63, 3.8) is 0 Å². The van der Waals surface area contributed by atoms with Crippen molar-refractivity contribution in [2.75, 3.05) is 0 Å². The molecule has 0 N–H and O–H groups in total. The summed E-state index contributed by atoms with van der Waals surface area (Å²) in [4.78, 5) is 0. The largest absolute Gasteiger partial charge is 0.416 e. The zero-order valence-corrected chi connectivity index (χ0v) is 8.25. The maximum Gasteiger partial charge on any atom is 0.416 e. The van der Waals surface area contributed by atoms with E-state index in [0.29, 0.717) is 5.56 Å². The van der Waals surface area contributed by atoms with Crippen LogP contribution < -0.4 is 0 Å². The third-order valence-electron chi connectivity index (χ3n) is 2.21. The predicted molar refractivity (Wildman–Crippen MR) is 55.7 cm³/mol. The van der Waals surface area contributed by atoms with E-state index in [0.717, 1.165) is 17.7 Å². The molecule has 0 unspecified atom stereocenters. The van der Waals surface area contributed by atoms with Crippen LogP contribution in [0.4, 0.5) is 13.2 Å². The van der Waals surface area contributed by atoms with Crippen LogP contribution in [0.15, 0.2) is 48.5 Å². The first kappa shape index (κ1) is 10.7. The van der Waals surface area contributed by atoms with Crippen molar-refractivity contribution in [1.29, 1.82) is 0 Å². The monoisotopic (exact) mass is 221 g/mol. The lowest BCUT2D eigenvalue weighted by Gasteiger charge is -2.08. The third-order valence-corrected chi connectivity index (χ3v) is 2.21. The molecular formula is C13H8F3. The van der Waals surface area contributed by atoms with Crippen LogP contribution in [0, 0.1) is 6.07 Å². The fraction of sp³-hybridized carbons (Fsp3) is 0.0769. The quantitative estimate of drug-likeness (QED) is 0.677. The fourth-order valence-corrected chi connectivity index (χ4v) is 1.43. The highest BCUT2D eigenvalue weighted by molar-refractivity contribution is 5.63. The topological polar surface area (TPSA) is 0 Å². The fourth-order valence-electron chi connectivity index (χ4n) is 1.43. The van der Waals surface area contributed by atoms with Crippen molar-refractivity contribution in [2.24, 2.45) is 0 Å². The molecule has 0 saturated carbocycles. The predicted octanol–water partition coefficient (Wildman–Crippen LogP) is 4.17. The van der Waals surface area contributed by atoms with Gasteiger partial charge in [0.15, 0.2) is 0 Å². The van der Waals surface area contributed by atoms with Crippen LogP contribution in [-0.4, -0.2) is 0 Å². The van der Waals surface area contributed by atoms with Crippen molar-refractivity contribution < 1.29 is 13.2 Å². The van der Waals surface area contributed by atoms with Gasteiger partial charge in [-0.1, -0.05) is 36.4 Å². The Labute approximate surface area is 91.4 Å². The molecule has 0 atom stereocenters. The second-order valence-electron chi connectivity index (χ2n) is 3.35. The summed E-state index contributed by atoms with van der Waals surface area (Å²) >= 11 is 0. The van der Waals surface area contributed by atoms with Crippen molar-refractivity contribution in [1.82, 2.24) is 0 Å². The van der Waals surface area contributed by atoms with Crippen LogP contribution >= 0.6 is 0 Å². The molecule has 81 valence electrons. The number of rotatable bonds is 1. The Morgan fingerprint density at radius 3 is 2.25 bits per heavy atom. The van der Waals surface area contributed by atoms with Crippen LogP contribution in [0.5, 0.6) is 0 Å². The van der Waals surface area contributed by atoms with Crippen LogP contribution in [0.25, 0.3) is 11.1 Å². The van der Waals surface area contributed by atoms with Crippen LogP contribution in [0.1, 0.15) is 5.56 Å². The van der Waals surface area contributed by atoms with Crippen molar-refractivity contribution in [3.8, 4) is 11.1 Å². The first-order chi connectivity index (χ1) is 7.57. The van der Waals surface area contributed by atoms with Gasteiger partial charge in [0.1, 0.15) is 0 Å². The molecule has 0 amide bonds. The Hall–Kier alpha value is -1.77. The molecule has 0 aliphatic rings. The molecule has 0 nitrogen and oxygen atoms in total. The highest BCUT2D eigenvalue weighted by atomic mass is 19.4. The lowest BCUT2D eigenvalue weighted by Crippen LogP contribution is -2.04. The molecule has 2 rings (SSSR count). The number of alkyl halides is 3. The van der Waals surface area contributed by atoms with E-state index in [4.69, 9.17) is 0 Å². The molecule has 0 aliphatic carbocycles. The van der Waals surface area contributed by atoms with Gasteiger partial charge in [0.25, 0.3) is 0 Å². The van der Waals surface area contributed by atoms with Crippen molar-refractivity contribution in [3.05, 3.63) is 60.2 Å². The van der Waals surface area contributed by atoms with Gasteiger partial charge in [-0.2, -0.15) is 13.2 Å². The highest BCUT2D eigenvalue weighted by Crippen LogP contribution is 2.31. The van der Waals surface area contributed by atoms with E-state index in [1.807, 2.05) is 6.07 Å². The minimum Gasteiger partial charge on any atom is -0.166 e. The van der Waals surface area contributed by atoms with E-state index >= 15 is 0 Å². The zero-order chi connectivity index (χ0) is 11.6. The molecule has 0 bridgehead atoms. The Balaban J connectivity index is 2.45. The van der Waals surface area contributed by atoms with Gasteiger partial charge >= 0.3 is 6.18 Å². The Morgan fingerprint density at radius 2 is 1.62 bits per heavy atom. The van der Waals surface area contributed by atoms with E-state index < -0.39 is 11.7 Å². The number of halogens is 3. The Bertz CT molecular complexity index is 472. The van der Waals surface area contributed by atoms with E-state index in [9.17, 15) is 13.2 Å². The summed E-state index contributed by atoms with van der Waals surface area (Å²) in [6, 6.07) is 15.1. The van der Waals surface area contributed by atoms with Crippen LogP contribution in [0.3, 0.4) is 0 Å². The van der Waals surface area contributed by atoms with Gasteiger partial charge in [0.05, 0.1) is 5.56 Å². The van der Waals surface area contributed by atoms with Gasteiger partial charge < -0.3 is 0 Å². The second kappa shape index (κ2) is 4.00. The zero-order valence-electron chi connectivity index (χ0n) is 8.25. The normalized spacial score (nSPS) is 11.4. The molecule has 0 aliphatic heterocycles. The number of hydrogen-bond donors (Lipinski definition) is 0. The summed E-state index contributed by atoms with van der Waals surface area (Å²) < 4.78 is 37.4. The van der Waals surface area contributed by atoms with E-state index in [-0.39, 0.29) is 0 Å². The SMILES string of the molecule is FC(F)(F)c1cc[c]c(-c2ccccc2)c1. The molecule has 2 aromatic rings. The molecule has 0 fully saturated rings. The molecule has 0 saturated heterocycles. The van der Waals surface area contributed by atoms with Crippen molar-refractivity contribution in [2.45, 2.75) is 6.18 Å². The molecule has 0 heterocycles. The smallest absolute Gasteiger partial charge is 0.166 e. The molecule has 3 heteroatoms. The summed E-state index contributed by atoms with van der Waals surface area (Å²) in [5.74, 6) is 0.